The van der Waals surface area contributed by atoms with Gasteiger partial charge in [-0.3, -0.25) is 4.79 Å². The minimum absolute atomic E-state index is 0.246. The zero-order chi connectivity index (χ0) is 24.0. The number of rotatable bonds is 7. The predicted octanol–water partition coefficient (Wildman–Crippen LogP) is 4.70. The van der Waals surface area contributed by atoms with Gasteiger partial charge in [0.2, 0.25) is 5.95 Å². The SMILES string of the molecule is O=C(c1cn(Cc2ccccc2)cn1)N(Cc1cnc(N2CCCCC2)nc1)c1ccc(F)cc1. The maximum absolute atomic E-state index is 13.6. The number of nitrogens with zero attached hydrogens (tertiary/aromatic N) is 6. The number of hydrogen-bond acceptors (Lipinski definition) is 5. The number of halogens is 1. The Hall–Kier alpha value is -4.07. The Morgan fingerprint density at radius 3 is 2.31 bits per heavy atom. The van der Waals surface area contributed by atoms with E-state index in [1.54, 1.807) is 42.0 Å². The normalized spacial score (nSPS) is 13.6. The standard InChI is InChI=1S/C27H27FN6O/c28-23-9-11-24(12-10-23)34(18-22-15-29-27(30-16-22)33-13-5-2-6-14-33)26(35)25-19-32(20-31-25)17-21-7-3-1-4-8-21/h1,3-4,7-12,15-16,19-20H,2,5-6,13-14,17-18H2. The third-order valence-corrected chi connectivity index (χ3v) is 6.12. The first-order chi connectivity index (χ1) is 17.2. The van der Waals surface area contributed by atoms with E-state index >= 15 is 0 Å². The summed E-state index contributed by atoms with van der Waals surface area (Å²) in [5.74, 6) is 0.0822. The second-order valence-electron chi connectivity index (χ2n) is 8.72. The Kier molecular flexibility index (Phi) is 6.79. The van der Waals surface area contributed by atoms with Crippen LogP contribution in [0.25, 0.3) is 0 Å². The molecule has 1 aliphatic heterocycles. The lowest BCUT2D eigenvalue weighted by atomic mass is 10.1. The minimum atomic E-state index is -0.359. The van der Waals surface area contributed by atoms with E-state index in [1.807, 2.05) is 34.9 Å². The largest absolute Gasteiger partial charge is 0.341 e. The van der Waals surface area contributed by atoms with Crippen molar-refractivity contribution in [2.75, 3.05) is 22.9 Å². The molecule has 178 valence electrons. The van der Waals surface area contributed by atoms with Crippen molar-refractivity contribution in [1.29, 1.82) is 0 Å². The molecule has 0 N–H and O–H groups in total. The second-order valence-corrected chi connectivity index (χ2v) is 8.72. The summed E-state index contributed by atoms with van der Waals surface area (Å²) in [7, 11) is 0. The van der Waals surface area contributed by atoms with Crippen molar-refractivity contribution in [3.63, 3.8) is 0 Å². The zero-order valence-electron chi connectivity index (χ0n) is 19.4. The van der Waals surface area contributed by atoms with Crippen LogP contribution in [-0.2, 0) is 13.1 Å². The summed E-state index contributed by atoms with van der Waals surface area (Å²) in [5, 5.41) is 0. The molecule has 0 aliphatic carbocycles. The van der Waals surface area contributed by atoms with Crippen LogP contribution in [0.15, 0.2) is 79.5 Å². The van der Waals surface area contributed by atoms with Gasteiger partial charge in [-0.1, -0.05) is 30.3 Å². The number of piperidine rings is 1. The van der Waals surface area contributed by atoms with Crippen LogP contribution < -0.4 is 9.80 Å². The van der Waals surface area contributed by atoms with E-state index in [2.05, 4.69) is 19.9 Å². The van der Waals surface area contributed by atoms with Gasteiger partial charge in [-0.15, -0.1) is 0 Å². The average molecular weight is 471 g/mol. The Morgan fingerprint density at radius 2 is 1.60 bits per heavy atom. The zero-order valence-corrected chi connectivity index (χ0v) is 19.4. The summed E-state index contributed by atoms with van der Waals surface area (Å²) in [6, 6.07) is 15.9. The Morgan fingerprint density at radius 1 is 0.886 bits per heavy atom. The molecule has 1 aliphatic rings. The minimum Gasteiger partial charge on any atom is -0.341 e. The molecule has 1 amide bonds. The molecule has 0 bridgehead atoms. The van der Waals surface area contributed by atoms with Crippen LogP contribution in [0.2, 0.25) is 0 Å². The van der Waals surface area contributed by atoms with Gasteiger partial charge < -0.3 is 14.4 Å². The summed E-state index contributed by atoms with van der Waals surface area (Å²) in [6.07, 6.45) is 10.4. The van der Waals surface area contributed by atoms with Gasteiger partial charge in [-0.25, -0.2) is 19.3 Å². The van der Waals surface area contributed by atoms with E-state index in [9.17, 15) is 9.18 Å². The molecule has 35 heavy (non-hydrogen) atoms. The van der Waals surface area contributed by atoms with E-state index in [-0.39, 0.29) is 18.3 Å². The number of amides is 1. The van der Waals surface area contributed by atoms with Gasteiger partial charge in [-0.05, 0) is 49.1 Å². The summed E-state index contributed by atoms with van der Waals surface area (Å²) in [6.45, 7) is 2.79. The number of anilines is 2. The molecule has 5 rings (SSSR count). The van der Waals surface area contributed by atoms with E-state index in [0.717, 1.165) is 37.1 Å². The molecule has 7 nitrogen and oxygen atoms in total. The topological polar surface area (TPSA) is 67.2 Å². The molecule has 1 fully saturated rings. The van der Waals surface area contributed by atoms with Crippen molar-refractivity contribution in [2.24, 2.45) is 0 Å². The van der Waals surface area contributed by atoms with Crippen molar-refractivity contribution in [3.05, 3.63) is 102 Å². The Balaban J connectivity index is 1.36. The molecular formula is C27H27FN6O. The third-order valence-electron chi connectivity index (χ3n) is 6.12. The van der Waals surface area contributed by atoms with Crippen molar-refractivity contribution in [1.82, 2.24) is 19.5 Å². The first-order valence-electron chi connectivity index (χ1n) is 11.8. The van der Waals surface area contributed by atoms with E-state index in [4.69, 9.17) is 0 Å². The van der Waals surface area contributed by atoms with Crippen LogP contribution in [0.4, 0.5) is 16.0 Å². The summed E-state index contributed by atoms with van der Waals surface area (Å²) in [4.78, 5) is 30.7. The Bertz CT molecular complexity index is 1250. The number of hydrogen-bond donors (Lipinski definition) is 0. The fourth-order valence-corrected chi connectivity index (χ4v) is 4.26. The van der Waals surface area contributed by atoms with Crippen molar-refractivity contribution in [3.8, 4) is 0 Å². The van der Waals surface area contributed by atoms with Gasteiger partial charge in [0.05, 0.1) is 12.9 Å². The lowest BCUT2D eigenvalue weighted by molar-refractivity contribution is 0.0980. The highest BCUT2D eigenvalue weighted by atomic mass is 19.1. The molecular weight excluding hydrogens is 443 g/mol. The maximum atomic E-state index is 13.6. The molecule has 0 atom stereocenters. The van der Waals surface area contributed by atoms with E-state index < -0.39 is 0 Å². The van der Waals surface area contributed by atoms with Crippen LogP contribution in [0.5, 0.6) is 0 Å². The number of benzene rings is 2. The van der Waals surface area contributed by atoms with E-state index in [0.29, 0.717) is 23.9 Å². The van der Waals surface area contributed by atoms with E-state index in [1.165, 1.54) is 18.6 Å². The van der Waals surface area contributed by atoms with Crippen LogP contribution in [-0.4, -0.2) is 38.5 Å². The average Bonchev–Trinajstić information content (AvgIpc) is 3.37. The first-order valence-corrected chi connectivity index (χ1v) is 11.8. The molecule has 1 saturated heterocycles. The molecule has 2 aromatic carbocycles. The predicted molar refractivity (Wildman–Crippen MR) is 133 cm³/mol. The highest BCUT2D eigenvalue weighted by Crippen LogP contribution is 2.21. The van der Waals surface area contributed by atoms with Gasteiger partial charge in [-0.2, -0.15) is 0 Å². The summed E-state index contributed by atoms with van der Waals surface area (Å²) >= 11 is 0. The molecule has 8 heteroatoms. The third kappa shape index (κ3) is 5.54. The molecule has 0 unspecified atom stereocenters. The quantitative estimate of drug-likeness (QED) is 0.392. The van der Waals surface area contributed by atoms with Crippen molar-refractivity contribution >= 4 is 17.5 Å². The smallest absolute Gasteiger partial charge is 0.278 e. The monoisotopic (exact) mass is 470 g/mol. The fraction of sp³-hybridized carbons (Fsp3) is 0.259. The lowest BCUT2D eigenvalue weighted by Crippen LogP contribution is -2.32. The maximum Gasteiger partial charge on any atom is 0.278 e. The van der Waals surface area contributed by atoms with Gasteiger partial charge in [0.15, 0.2) is 0 Å². The lowest BCUT2D eigenvalue weighted by Gasteiger charge is -2.27. The number of aromatic nitrogens is 4. The number of carbonyl (C=O) groups is 1. The molecule has 4 aromatic rings. The molecule has 0 saturated carbocycles. The van der Waals surface area contributed by atoms with Gasteiger partial charge in [0.25, 0.3) is 5.91 Å². The van der Waals surface area contributed by atoms with Crippen LogP contribution >= 0.6 is 0 Å². The van der Waals surface area contributed by atoms with Crippen LogP contribution in [0.1, 0.15) is 40.9 Å². The highest BCUT2D eigenvalue weighted by Gasteiger charge is 2.22. The van der Waals surface area contributed by atoms with Crippen LogP contribution in [0.3, 0.4) is 0 Å². The first kappa shape index (κ1) is 22.7. The molecule has 2 aromatic heterocycles. The Labute approximate surface area is 203 Å². The van der Waals surface area contributed by atoms with Crippen LogP contribution in [0, 0.1) is 5.82 Å². The van der Waals surface area contributed by atoms with Crippen molar-refractivity contribution < 1.29 is 9.18 Å². The molecule has 0 radical (unpaired) electrons. The number of carbonyl (C=O) groups excluding carboxylic acids is 1. The second kappa shape index (κ2) is 10.5. The van der Waals surface area contributed by atoms with Crippen molar-refractivity contribution in [2.45, 2.75) is 32.4 Å². The van der Waals surface area contributed by atoms with Gasteiger partial charge in [0.1, 0.15) is 11.5 Å². The highest BCUT2D eigenvalue weighted by molar-refractivity contribution is 6.04. The van der Waals surface area contributed by atoms with Gasteiger partial charge >= 0.3 is 0 Å². The number of imidazole rings is 1. The fourth-order valence-electron chi connectivity index (χ4n) is 4.26. The summed E-state index contributed by atoms with van der Waals surface area (Å²) < 4.78 is 15.5. The van der Waals surface area contributed by atoms with Gasteiger partial charge in [0, 0.05) is 49.5 Å². The molecule has 0 spiro atoms. The molecule has 3 heterocycles. The summed E-state index contributed by atoms with van der Waals surface area (Å²) in [5.41, 5.74) is 2.79.